The van der Waals surface area contributed by atoms with Gasteiger partial charge >= 0.3 is 6.09 Å². The molecule has 0 aromatic heterocycles. The molecule has 0 unspecified atom stereocenters. The maximum absolute atomic E-state index is 10.3. The highest BCUT2D eigenvalue weighted by molar-refractivity contribution is 5.66. The van der Waals surface area contributed by atoms with Crippen LogP contribution in [-0.2, 0) is 0 Å². The second kappa shape index (κ2) is 4.54. The fourth-order valence-electron chi connectivity index (χ4n) is 0.432. The van der Waals surface area contributed by atoms with E-state index in [1.807, 2.05) is 0 Å². The number of hydrogen-bond acceptors (Lipinski definition) is 2. The van der Waals surface area contributed by atoms with Crippen LogP contribution >= 0.6 is 0 Å². The van der Waals surface area contributed by atoms with Crippen LogP contribution in [0.3, 0.4) is 0 Å². The van der Waals surface area contributed by atoms with Crippen molar-refractivity contribution in [1.82, 2.24) is 9.91 Å². The quantitative estimate of drug-likeness (QED) is 0.370. The smallest absolute Gasteiger partial charge is 0.427 e. The summed E-state index contributed by atoms with van der Waals surface area (Å²) in [6.07, 6.45) is 0.406. The zero-order valence-corrected chi connectivity index (χ0v) is 6.98. The predicted molar refractivity (Wildman–Crippen MR) is 42.6 cm³/mol. The molecule has 0 aromatic carbocycles. The Labute approximate surface area is 65.9 Å². The molecule has 0 radical (unpaired) electrons. The molecule has 0 heterocycles. The highest BCUT2D eigenvalue weighted by Gasteiger charge is 2.04. The molecule has 0 rings (SSSR count). The van der Waals surface area contributed by atoms with E-state index in [0.29, 0.717) is 6.54 Å². The van der Waals surface area contributed by atoms with Gasteiger partial charge < -0.3 is 10.0 Å². The van der Waals surface area contributed by atoms with E-state index in [0.717, 1.165) is 5.01 Å². The first-order valence-corrected chi connectivity index (χ1v) is 3.29. The van der Waals surface area contributed by atoms with E-state index in [2.05, 4.69) is 5.10 Å². The number of carboxylic acid groups (broad SMARTS) is 1. The second-order valence-electron chi connectivity index (χ2n) is 2.19. The van der Waals surface area contributed by atoms with Gasteiger partial charge in [-0.05, 0) is 6.92 Å². The van der Waals surface area contributed by atoms with E-state index in [-0.39, 0.29) is 0 Å². The largest absolute Gasteiger partial charge is 0.464 e. The van der Waals surface area contributed by atoms with Crippen LogP contribution in [0, 0.1) is 0 Å². The summed E-state index contributed by atoms with van der Waals surface area (Å²) in [4.78, 5) is 12.0. The summed E-state index contributed by atoms with van der Waals surface area (Å²) in [6.45, 7) is 2.08. The van der Waals surface area contributed by atoms with Gasteiger partial charge in [0.1, 0.15) is 6.34 Å². The molecule has 64 valence electrons. The molecule has 0 aliphatic rings. The first kappa shape index (κ1) is 9.74. The lowest BCUT2D eigenvalue weighted by Crippen LogP contribution is -2.25. The van der Waals surface area contributed by atoms with Gasteiger partial charge in [0.2, 0.25) is 0 Å². The third-order valence-electron chi connectivity index (χ3n) is 0.942. The predicted octanol–water partition coefficient (Wildman–Crippen LogP) is 0.491. The van der Waals surface area contributed by atoms with Gasteiger partial charge in [0.05, 0.1) is 0 Å². The Hall–Kier alpha value is -1.26. The minimum absolute atomic E-state index is 0.361. The summed E-state index contributed by atoms with van der Waals surface area (Å²) in [5.74, 6) is 0. The van der Waals surface area contributed by atoms with Crippen molar-refractivity contribution < 1.29 is 9.90 Å². The zero-order valence-electron chi connectivity index (χ0n) is 6.98. The van der Waals surface area contributed by atoms with Gasteiger partial charge in [-0.2, -0.15) is 10.1 Å². The number of hydrogen-bond donors (Lipinski definition) is 1. The Kier molecular flexibility index (Phi) is 4.02. The average molecular weight is 159 g/mol. The van der Waals surface area contributed by atoms with Gasteiger partial charge in [-0.25, -0.2) is 4.79 Å². The summed E-state index contributed by atoms with van der Waals surface area (Å²) in [6, 6.07) is 0. The summed E-state index contributed by atoms with van der Waals surface area (Å²) >= 11 is 0. The van der Waals surface area contributed by atoms with Crippen molar-refractivity contribution in [3.05, 3.63) is 0 Å². The maximum Gasteiger partial charge on any atom is 0.427 e. The fourth-order valence-corrected chi connectivity index (χ4v) is 0.432. The molecule has 0 fully saturated rings. The Morgan fingerprint density at radius 2 is 2.18 bits per heavy atom. The van der Waals surface area contributed by atoms with Crippen LogP contribution in [0.4, 0.5) is 4.79 Å². The van der Waals surface area contributed by atoms with Crippen LogP contribution in [0.5, 0.6) is 0 Å². The number of nitrogens with zero attached hydrogens (tertiary/aromatic N) is 3. The van der Waals surface area contributed by atoms with Gasteiger partial charge in [-0.15, -0.1) is 0 Å². The minimum Gasteiger partial charge on any atom is -0.464 e. The summed E-state index contributed by atoms with van der Waals surface area (Å²) < 4.78 is 0. The number of carbonyl (C=O) groups is 1. The van der Waals surface area contributed by atoms with Crippen molar-refractivity contribution in [1.29, 1.82) is 0 Å². The van der Waals surface area contributed by atoms with Crippen molar-refractivity contribution in [3.8, 4) is 0 Å². The standard InChI is InChI=1S/C6H13N3O2/c1-4-9(6(10)11)7-5-8(2)3/h5H,4H2,1-3H3,(H,10,11)/b7-5+. The fraction of sp³-hybridized carbons (Fsp3) is 0.667. The van der Waals surface area contributed by atoms with Gasteiger partial charge in [-0.3, -0.25) is 0 Å². The number of hydrazone groups is 1. The first-order valence-electron chi connectivity index (χ1n) is 3.29. The molecule has 5 heteroatoms. The van der Waals surface area contributed by atoms with E-state index >= 15 is 0 Å². The first-order chi connectivity index (χ1) is 5.07. The number of rotatable bonds is 3. The lowest BCUT2D eigenvalue weighted by molar-refractivity contribution is 0.149. The van der Waals surface area contributed by atoms with E-state index < -0.39 is 6.09 Å². The SMILES string of the molecule is CCN(/N=C/N(C)C)C(=O)O. The second-order valence-corrected chi connectivity index (χ2v) is 2.19. The maximum atomic E-state index is 10.3. The van der Waals surface area contributed by atoms with E-state index in [4.69, 9.17) is 5.11 Å². The summed E-state index contributed by atoms with van der Waals surface area (Å²) in [5, 5.41) is 13.1. The van der Waals surface area contributed by atoms with Crippen LogP contribution in [0.25, 0.3) is 0 Å². The molecule has 0 bridgehead atoms. The molecule has 0 aliphatic carbocycles. The van der Waals surface area contributed by atoms with Crippen LogP contribution in [-0.4, -0.2) is 48.1 Å². The average Bonchev–Trinajstić information content (AvgIpc) is 1.87. The van der Waals surface area contributed by atoms with Gasteiger partial charge in [0, 0.05) is 20.6 Å². The van der Waals surface area contributed by atoms with Crippen molar-refractivity contribution >= 4 is 12.4 Å². The minimum atomic E-state index is -1.04. The van der Waals surface area contributed by atoms with Crippen LogP contribution < -0.4 is 0 Å². The third-order valence-corrected chi connectivity index (χ3v) is 0.942. The zero-order chi connectivity index (χ0) is 8.85. The summed E-state index contributed by atoms with van der Waals surface area (Å²) in [7, 11) is 3.55. The van der Waals surface area contributed by atoms with Crippen molar-refractivity contribution in [2.75, 3.05) is 20.6 Å². The van der Waals surface area contributed by atoms with E-state index in [1.165, 1.54) is 6.34 Å². The Morgan fingerprint density at radius 1 is 1.64 bits per heavy atom. The van der Waals surface area contributed by atoms with Gasteiger partial charge in [0.25, 0.3) is 0 Å². The highest BCUT2D eigenvalue weighted by Crippen LogP contribution is 1.88. The Balaban J connectivity index is 3.97. The van der Waals surface area contributed by atoms with E-state index in [9.17, 15) is 4.79 Å². The van der Waals surface area contributed by atoms with Crippen LogP contribution in [0.2, 0.25) is 0 Å². The third kappa shape index (κ3) is 4.19. The van der Waals surface area contributed by atoms with Gasteiger partial charge in [0.15, 0.2) is 0 Å². The molecule has 0 aliphatic heterocycles. The molecule has 0 atom stereocenters. The summed E-state index contributed by atoms with van der Waals surface area (Å²) in [5.41, 5.74) is 0. The molecule has 1 amide bonds. The monoisotopic (exact) mass is 159 g/mol. The molecule has 1 N–H and O–H groups in total. The lowest BCUT2D eigenvalue weighted by atomic mass is 10.7. The van der Waals surface area contributed by atoms with Crippen LogP contribution in [0.1, 0.15) is 6.92 Å². The molecule has 0 saturated heterocycles. The van der Waals surface area contributed by atoms with Crippen molar-refractivity contribution in [3.63, 3.8) is 0 Å². The molecular weight excluding hydrogens is 146 g/mol. The molecule has 0 spiro atoms. The van der Waals surface area contributed by atoms with Crippen molar-refractivity contribution in [2.24, 2.45) is 5.10 Å². The molecule has 0 saturated carbocycles. The van der Waals surface area contributed by atoms with E-state index in [1.54, 1.807) is 25.9 Å². The molecule has 11 heavy (non-hydrogen) atoms. The van der Waals surface area contributed by atoms with Crippen molar-refractivity contribution in [2.45, 2.75) is 6.92 Å². The number of amides is 1. The Morgan fingerprint density at radius 3 is 2.45 bits per heavy atom. The van der Waals surface area contributed by atoms with Crippen LogP contribution in [0.15, 0.2) is 5.10 Å². The topological polar surface area (TPSA) is 56.1 Å². The molecular formula is C6H13N3O2. The van der Waals surface area contributed by atoms with Gasteiger partial charge in [-0.1, -0.05) is 0 Å². The highest BCUT2D eigenvalue weighted by atomic mass is 16.4. The Bertz CT molecular complexity index is 156. The molecule has 0 aromatic rings. The normalized spacial score (nSPS) is 10.1. The molecule has 5 nitrogen and oxygen atoms in total. The lowest BCUT2D eigenvalue weighted by Gasteiger charge is -2.10.